The number of aromatic amines is 1. The van der Waals surface area contributed by atoms with Gasteiger partial charge < -0.3 is 9.72 Å². The van der Waals surface area contributed by atoms with Gasteiger partial charge in [-0.15, -0.1) is 0 Å². The molecule has 0 aliphatic heterocycles. The fourth-order valence-corrected chi connectivity index (χ4v) is 3.21. The maximum atomic E-state index is 12.8. The Kier molecular flexibility index (Phi) is 3.51. The van der Waals surface area contributed by atoms with Crippen LogP contribution in [0.5, 0.6) is 11.6 Å². The summed E-state index contributed by atoms with van der Waals surface area (Å²) in [4.78, 5) is 13.3. The SMILES string of the molecule is FS(F)(F)(F)(F)c1ccc(Oc2nccnc2-c2ccc3nc[nH]c3c2)cc1. The minimum absolute atomic E-state index is 0.0152. The summed E-state index contributed by atoms with van der Waals surface area (Å²) in [6.45, 7) is 0. The minimum atomic E-state index is -9.73. The fraction of sp³-hybridized carbons (Fsp3) is 0. The summed E-state index contributed by atoms with van der Waals surface area (Å²) in [6, 6.07) is 7.43. The lowest BCUT2D eigenvalue weighted by atomic mass is 10.1. The van der Waals surface area contributed by atoms with E-state index in [1.165, 1.54) is 18.7 Å². The molecule has 2 aromatic heterocycles. The van der Waals surface area contributed by atoms with Crippen LogP contribution < -0.4 is 4.74 Å². The summed E-state index contributed by atoms with van der Waals surface area (Å²) in [5, 5.41) is 0. The number of H-pyrrole nitrogens is 1. The van der Waals surface area contributed by atoms with Crippen LogP contribution in [0.3, 0.4) is 0 Å². The predicted octanol–water partition coefficient (Wildman–Crippen LogP) is 6.47. The van der Waals surface area contributed by atoms with Crippen molar-refractivity contribution < 1.29 is 24.2 Å². The van der Waals surface area contributed by atoms with E-state index in [-0.39, 0.29) is 23.8 Å². The number of hydrogen-bond donors (Lipinski definition) is 1. The lowest BCUT2D eigenvalue weighted by Gasteiger charge is -2.40. The van der Waals surface area contributed by atoms with Crippen LogP contribution in [0.2, 0.25) is 0 Å². The van der Waals surface area contributed by atoms with Crippen LogP contribution >= 0.6 is 10.2 Å². The first-order valence-electron chi connectivity index (χ1n) is 7.76. The molecular formula is C17H11F5N4OS. The van der Waals surface area contributed by atoms with Crippen LogP contribution in [0.25, 0.3) is 22.3 Å². The van der Waals surface area contributed by atoms with Crippen LogP contribution in [0.4, 0.5) is 19.4 Å². The van der Waals surface area contributed by atoms with Crippen molar-refractivity contribution in [2.75, 3.05) is 0 Å². The normalized spacial score (nSPS) is 14.5. The minimum Gasteiger partial charge on any atom is -0.437 e. The zero-order valence-corrected chi connectivity index (χ0v) is 14.6. The Labute approximate surface area is 155 Å². The van der Waals surface area contributed by atoms with Gasteiger partial charge in [-0.05, 0) is 36.4 Å². The molecular weight excluding hydrogens is 403 g/mol. The number of halogens is 5. The molecule has 0 atom stereocenters. The smallest absolute Gasteiger partial charge is 0.310 e. The molecule has 4 rings (SSSR count). The molecule has 0 radical (unpaired) electrons. The average Bonchev–Trinajstić information content (AvgIpc) is 3.08. The molecule has 4 aromatic rings. The first kappa shape index (κ1) is 18.2. The zero-order valence-electron chi connectivity index (χ0n) is 13.8. The zero-order chi connectivity index (χ0) is 20.1. The van der Waals surface area contributed by atoms with E-state index in [2.05, 4.69) is 19.9 Å². The maximum absolute atomic E-state index is 12.8. The molecule has 0 fully saturated rings. The van der Waals surface area contributed by atoms with Crippen molar-refractivity contribution in [1.29, 1.82) is 0 Å². The Hall–Kier alpha value is -3.21. The van der Waals surface area contributed by atoms with E-state index in [1.54, 1.807) is 18.2 Å². The molecule has 0 unspecified atom stereocenters. The van der Waals surface area contributed by atoms with Gasteiger partial charge in [0.15, 0.2) is 0 Å². The van der Waals surface area contributed by atoms with E-state index >= 15 is 0 Å². The predicted molar refractivity (Wildman–Crippen MR) is 95.0 cm³/mol. The molecule has 11 heteroatoms. The van der Waals surface area contributed by atoms with Crippen LogP contribution in [0.1, 0.15) is 0 Å². The number of nitrogens with one attached hydrogen (secondary N) is 1. The molecule has 5 nitrogen and oxygen atoms in total. The van der Waals surface area contributed by atoms with Crippen molar-refractivity contribution >= 4 is 21.3 Å². The van der Waals surface area contributed by atoms with E-state index in [0.717, 1.165) is 23.2 Å². The van der Waals surface area contributed by atoms with Crippen molar-refractivity contribution in [2.24, 2.45) is 0 Å². The second-order valence-electron chi connectivity index (χ2n) is 5.89. The number of aromatic nitrogens is 4. The monoisotopic (exact) mass is 414 g/mol. The third kappa shape index (κ3) is 3.60. The molecule has 1 N–H and O–H groups in total. The third-order valence-electron chi connectivity index (χ3n) is 3.84. The van der Waals surface area contributed by atoms with Crippen LogP contribution in [0, 0.1) is 0 Å². The van der Waals surface area contributed by atoms with Crippen molar-refractivity contribution in [3.63, 3.8) is 0 Å². The van der Waals surface area contributed by atoms with Crippen LogP contribution in [-0.4, -0.2) is 19.9 Å². The summed E-state index contributed by atoms with van der Waals surface area (Å²) in [7, 11) is -9.73. The molecule has 2 aromatic carbocycles. The van der Waals surface area contributed by atoms with E-state index in [1.807, 2.05) is 0 Å². The first-order chi connectivity index (χ1) is 13.0. The number of imidazole rings is 1. The second kappa shape index (κ2) is 5.41. The van der Waals surface area contributed by atoms with Crippen molar-refractivity contribution in [3.05, 3.63) is 61.2 Å². The second-order valence-corrected chi connectivity index (χ2v) is 8.30. The van der Waals surface area contributed by atoms with Gasteiger partial charge in [-0.25, -0.2) is 15.0 Å². The molecule has 0 saturated heterocycles. The lowest BCUT2D eigenvalue weighted by Crippen LogP contribution is -2.05. The van der Waals surface area contributed by atoms with Crippen molar-refractivity contribution in [3.8, 4) is 22.9 Å². The topological polar surface area (TPSA) is 63.7 Å². The average molecular weight is 414 g/mol. The van der Waals surface area contributed by atoms with E-state index in [0.29, 0.717) is 11.3 Å². The molecule has 0 aliphatic rings. The van der Waals surface area contributed by atoms with Crippen LogP contribution in [0.15, 0.2) is 66.1 Å². The molecule has 0 spiro atoms. The van der Waals surface area contributed by atoms with Crippen LogP contribution in [-0.2, 0) is 0 Å². The van der Waals surface area contributed by atoms with Crippen molar-refractivity contribution in [1.82, 2.24) is 19.9 Å². The number of nitrogens with zero attached hydrogens (tertiary/aromatic N) is 3. The largest absolute Gasteiger partial charge is 0.437 e. The highest BCUT2D eigenvalue weighted by Crippen LogP contribution is 3.02. The number of rotatable bonds is 4. The standard InChI is InChI=1S/C17H11F5N4OS/c18-28(19,20,21,22)13-4-2-12(3-5-13)27-17-16(23-7-8-24-17)11-1-6-14-15(9-11)26-10-25-14/h1-10H,(H,25,26). The molecule has 2 heterocycles. The van der Waals surface area contributed by atoms with E-state index in [9.17, 15) is 19.4 Å². The quantitative estimate of drug-likeness (QED) is 0.389. The first-order valence-corrected chi connectivity index (χ1v) is 9.71. The number of fused-ring (bicyclic) bond motifs is 1. The summed E-state index contributed by atoms with van der Waals surface area (Å²) in [6.07, 6.45) is 4.30. The Bertz CT molecular complexity index is 1180. The van der Waals surface area contributed by atoms with Gasteiger partial charge in [0.05, 0.1) is 17.4 Å². The number of ether oxygens (including phenoxy) is 1. The number of benzene rings is 2. The molecule has 28 heavy (non-hydrogen) atoms. The summed E-state index contributed by atoms with van der Waals surface area (Å²) in [5.74, 6) is -0.0728. The Morgan fingerprint density at radius 2 is 1.54 bits per heavy atom. The van der Waals surface area contributed by atoms with E-state index < -0.39 is 15.1 Å². The van der Waals surface area contributed by atoms with Gasteiger partial charge in [-0.1, -0.05) is 25.5 Å². The molecule has 146 valence electrons. The number of hydrogen-bond acceptors (Lipinski definition) is 4. The van der Waals surface area contributed by atoms with Gasteiger partial charge in [0, 0.05) is 18.0 Å². The Balaban J connectivity index is 1.68. The van der Waals surface area contributed by atoms with Crippen molar-refractivity contribution in [2.45, 2.75) is 4.90 Å². The van der Waals surface area contributed by atoms with E-state index in [4.69, 9.17) is 4.74 Å². The lowest BCUT2D eigenvalue weighted by molar-refractivity contribution is 0.363. The van der Waals surface area contributed by atoms with Gasteiger partial charge >= 0.3 is 10.2 Å². The van der Waals surface area contributed by atoms with Gasteiger partial charge in [-0.2, -0.15) is 0 Å². The molecule has 0 aliphatic carbocycles. The highest BCUT2D eigenvalue weighted by atomic mass is 32.5. The highest BCUT2D eigenvalue weighted by molar-refractivity contribution is 8.45. The summed E-state index contributed by atoms with van der Waals surface area (Å²) >= 11 is 0. The fourth-order valence-electron chi connectivity index (χ4n) is 2.56. The van der Waals surface area contributed by atoms with Gasteiger partial charge in [0.2, 0.25) is 5.88 Å². The third-order valence-corrected chi connectivity index (χ3v) is 5.01. The van der Waals surface area contributed by atoms with Gasteiger partial charge in [0.1, 0.15) is 16.3 Å². The molecule has 0 amide bonds. The molecule has 0 bridgehead atoms. The molecule has 0 saturated carbocycles. The Morgan fingerprint density at radius 3 is 2.25 bits per heavy atom. The maximum Gasteiger partial charge on any atom is 0.310 e. The summed E-state index contributed by atoms with van der Waals surface area (Å²) in [5.41, 5.74) is 2.44. The van der Waals surface area contributed by atoms with Gasteiger partial charge in [-0.3, -0.25) is 0 Å². The Morgan fingerprint density at radius 1 is 0.821 bits per heavy atom. The van der Waals surface area contributed by atoms with Gasteiger partial charge in [0.25, 0.3) is 0 Å². The highest BCUT2D eigenvalue weighted by Gasteiger charge is 2.65. The summed E-state index contributed by atoms with van der Waals surface area (Å²) < 4.78 is 69.6.